The summed E-state index contributed by atoms with van der Waals surface area (Å²) in [5, 5.41) is 3.80. The minimum Gasteiger partial charge on any atom is -0.313 e. The Morgan fingerprint density at radius 2 is 1.70 bits per heavy atom. The molecule has 2 aliphatic rings. The lowest BCUT2D eigenvalue weighted by atomic mass is 9.55. The van der Waals surface area contributed by atoms with Crippen LogP contribution in [0.2, 0.25) is 0 Å². The molecule has 2 aliphatic carbocycles. The molecule has 0 heterocycles. The highest BCUT2D eigenvalue weighted by molar-refractivity contribution is 5.36. The SMILES string of the molecule is Cc1cc(C)cc(C2(CNC3CC3)CC(C(C)C)C2)c1. The van der Waals surface area contributed by atoms with E-state index in [9.17, 15) is 0 Å². The summed E-state index contributed by atoms with van der Waals surface area (Å²) in [6.45, 7) is 10.4. The summed E-state index contributed by atoms with van der Waals surface area (Å²) in [5.74, 6) is 1.74. The molecule has 1 heteroatoms. The molecule has 0 amide bonds. The molecule has 1 aromatic rings. The largest absolute Gasteiger partial charge is 0.313 e. The summed E-state index contributed by atoms with van der Waals surface area (Å²) in [6, 6.07) is 7.97. The highest BCUT2D eigenvalue weighted by atomic mass is 15.0. The molecule has 1 aromatic carbocycles. The van der Waals surface area contributed by atoms with Crippen LogP contribution in [0.3, 0.4) is 0 Å². The van der Waals surface area contributed by atoms with Crippen molar-refractivity contribution < 1.29 is 0 Å². The van der Waals surface area contributed by atoms with Gasteiger partial charge in [0.25, 0.3) is 0 Å². The molecule has 2 fully saturated rings. The number of hydrogen-bond acceptors (Lipinski definition) is 1. The second-order valence-corrected chi connectivity index (χ2v) is 7.72. The van der Waals surface area contributed by atoms with Crippen molar-refractivity contribution in [1.29, 1.82) is 0 Å². The van der Waals surface area contributed by atoms with Gasteiger partial charge in [0, 0.05) is 18.0 Å². The van der Waals surface area contributed by atoms with Crippen LogP contribution >= 0.6 is 0 Å². The molecule has 0 atom stereocenters. The van der Waals surface area contributed by atoms with Crippen molar-refractivity contribution in [2.24, 2.45) is 11.8 Å². The fraction of sp³-hybridized carbons (Fsp3) is 0.684. The first-order chi connectivity index (χ1) is 9.48. The van der Waals surface area contributed by atoms with E-state index in [1.54, 1.807) is 5.56 Å². The molecule has 0 saturated heterocycles. The van der Waals surface area contributed by atoms with Gasteiger partial charge in [-0.25, -0.2) is 0 Å². The predicted molar refractivity (Wildman–Crippen MR) is 86.2 cm³/mol. The zero-order valence-electron chi connectivity index (χ0n) is 13.5. The van der Waals surface area contributed by atoms with Crippen LogP contribution in [-0.4, -0.2) is 12.6 Å². The predicted octanol–water partition coefficient (Wildman–Crippen LogP) is 4.36. The summed E-state index contributed by atoms with van der Waals surface area (Å²) in [6.07, 6.45) is 5.51. The van der Waals surface area contributed by atoms with Gasteiger partial charge in [0.15, 0.2) is 0 Å². The van der Waals surface area contributed by atoms with Crippen LogP contribution < -0.4 is 5.32 Å². The van der Waals surface area contributed by atoms with E-state index in [-0.39, 0.29) is 0 Å². The van der Waals surface area contributed by atoms with Crippen LogP contribution in [0.25, 0.3) is 0 Å². The van der Waals surface area contributed by atoms with Gasteiger partial charge in [0.05, 0.1) is 0 Å². The Kier molecular flexibility index (Phi) is 3.66. The fourth-order valence-electron chi connectivity index (χ4n) is 3.81. The molecular weight excluding hydrogens is 242 g/mol. The zero-order chi connectivity index (χ0) is 14.3. The van der Waals surface area contributed by atoms with Gasteiger partial charge in [0.1, 0.15) is 0 Å². The smallest absolute Gasteiger partial charge is 0.00835 e. The van der Waals surface area contributed by atoms with Crippen LogP contribution in [-0.2, 0) is 5.41 Å². The molecule has 1 nitrogen and oxygen atoms in total. The van der Waals surface area contributed by atoms with E-state index < -0.39 is 0 Å². The maximum atomic E-state index is 3.80. The van der Waals surface area contributed by atoms with Crippen molar-refractivity contribution in [2.75, 3.05) is 6.54 Å². The lowest BCUT2D eigenvalue weighted by Gasteiger charge is -2.50. The van der Waals surface area contributed by atoms with Gasteiger partial charge in [-0.05, 0) is 56.9 Å². The van der Waals surface area contributed by atoms with Crippen LogP contribution in [0, 0.1) is 25.7 Å². The van der Waals surface area contributed by atoms with Crippen LogP contribution in [0.15, 0.2) is 18.2 Å². The Morgan fingerprint density at radius 3 is 2.20 bits per heavy atom. The third-order valence-electron chi connectivity index (χ3n) is 5.39. The summed E-state index contributed by atoms with van der Waals surface area (Å²) < 4.78 is 0. The van der Waals surface area contributed by atoms with Gasteiger partial charge in [-0.1, -0.05) is 43.2 Å². The van der Waals surface area contributed by atoms with E-state index in [1.807, 2.05) is 0 Å². The topological polar surface area (TPSA) is 12.0 Å². The standard InChI is InChI=1S/C19H29N/c1-13(2)16-10-19(11-16,12-20-18-5-6-18)17-8-14(3)7-15(4)9-17/h7-9,13,16,18,20H,5-6,10-12H2,1-4H3. The van der Waals surface area contributed by atoms with E-state index in [0.717, 1.165) is 17.9 Å². The molecule has 2 saturated carbocycles. The van der Waals surface area contributed by atoms with Crippen LogP contribution in [0.4, 0.5) is 0 Å². The van der Waals surface area contributed by atoms with Crippen molar-refractivity contribution in [3.05, 3.63) is 34.9 Å². The van der Waals surface area contributed by atoms with Gasteiger partial charge in [0.2, 0.25) is 0 Å². The number of rotatable bonds is 5. The van der Waals surface area contributed by atoms with Crippen molar-refractivity contribution in [3.8, 4) is 0 Å². The normalized spacial score (nSPS) is 29.6. The summed E-state index contributed by atoms with van der Waals surface area (Å²) >= 11 is 0. The average Bonchev–Trinajstić information content (AvgIpc) is 3.09. The fourth-order valence-corrected chi connectivity index (χ4v) is 3.81. The maximum absolute atomic E-state index is 3.80. The number of hydrogen-bond donors (Lipinski definition) is 1. The number of benzene rings is 1. The van der Waals surface area contributed by atoms with Crippen molar-refractivity contribution in [2.45, 2.75) is 64.8 Å². The maximum Gasteiger partial charge on any atom is 0.00835 e. The van der Waals surface area contributed by atoms with Gasteiger partial charge in [-0.15, -0.1) is 0 Å². The molecule has 110 valence electrons. The first kappa shape index (κ1) is 14.1. The van der Waals surface area contributed by atoms with Gasteiger partial charge < -0.3 is 5.32 Å². The molecule has 1 N–H and O–H groups in total. The zero-order valence-corrected chi connectivity index (χ0v) is 13.5. The Labute approximate surface area is 124 Å². The second kappa shape index (κ2) is 5.18. The molecular formula is C19H29N. The van der Waals surface area contributed by atoms with E-state index in [4.69, 9.17) is 0 Å². The Bertz CT molecular complexity index is 453. The van der Waals surface area contributed by atoms with Crippen molar-refractivity contribution in [3.63, 3.8) is 0 Å². The Hall–Kier alpha value is -0.820. The van der Waals surface area contributed by atoms with Gasteiger partial charge in [-0.3, -0.25) is 0 Å². The minimum atomic E-state index is 0.411. The first-order valence-electron chi connectivity index (χ1n) is 8.31. The van der Waals surface area contributed by atoms with Gasteiger partial charge in [-0.2, -0.15) is 0 Å². The average molecular weight is 271 g/mol. The van der Waals surface area contributed by atoms with Crippen LogP contribution in [0.5, 0.6) is 0 Å². The Morgan fingerprint density at radius 1 is 1.10 bits per heavy atom. The molecule has 0 aromatic heterocycles. The summed E-state index contributed by atoms with van der Waals surface area (Å²) in [7, 11) is 0. The van der Waals surface area contributed by atoms with Crippen LogP contribution in [0.1, 0.15) is 56.2 Å². The first-order valence-corrected chi connectivity index (χ1v) is 8.31. The number of nitrogens with one attached hydrogen (secondary N) is 1. The summed E-state index contributed by atoms with van der Waals surface area (Å²) in [5.41, 5.74) is 4.83. The third-order valence-corrected chi connectivity index (χ3v) is 5.39. The second-order valence-electron chi connectivity index (χ2n) is 7.72. The molecule has 3 rings (SSSR count). The Balaban J connectivity index is 1.81. The minimum absolute atomic E-state index is 0.411. The summed E-state index contributed by atoms with van der Waals surface area (Å²) in [4.78, 5) is 0. The monoisotopic (exact) mass is 271 g/mol. The van der Waals surface area contributed by atoms with E-state index in [2.05, 4.69) is 51.2 Å². The lowest BCUT2D eigenvalue weighted by Crippen LogP contribution is -2.50. The lowest BCUT2D eigenvalue weighted by molar-refractivity contribution is 0.0972. The molecule has 0 radical (unpaired) electrons. The molecule has 0 bridgehead atoms. The molecule has 0 spiro atoms. The molecule has 20 heavy (non-hydrogen) atoms. The number of aryl methyl sites for hydroxylation is 2. The van der Waals surface area contributed by atoms with E-state index in [1.165, 1.54) is 43.4 Å². The van der Waals surface area contributed by atoms with E-state index in [0.29, 0.717) is 5.41 Å². The molecule has 0 unspecified atom stereocenters. The highest BCUT2D eigenvalue weighted by Crippen LogP contribution is 2.51. The quantitative estimate of drug-likeness (QED) is 0.839. The van der Waals surface area contributed by atoms with Crippen molar-refractivity contribution in [1.82, 2.24) is 5.32 Å². The third kappa shape index (κ3) is 2.79. The van der Waals surface area contributed by atoms with Crippen molar-refractivity contribution >= 4 is 0 Å². The van der Waals surface area contributed by atoms with E-state index >= 15 is 0 Å². The van der Waals surface area contributed by atoms with Gasteiger partial charge >= 0.3 is 0 Å². The molecule has 0 aliphatic heterocycles. The highest BCUT2D eigenvalue weighted by Gasteiger charge is 2.46.